The van der Waals surface area contributed by atoms with Crippen molar-refractivity contribution in [3.8, 4) is 0 Å². The summed E-state index contributed by atoms with van der Waals surface area (Å²) in [4.78, 5) is 34.4. The number of likely N-dealkylation sites (tertiary alicyclic amines) is 1. The number of rotatable bonds is 4. The zero-order valence-corrected chi connectivity index (χ0v) is 18.7. The third-order valence-electron chi connectivity index (χ3n) is 6.47. The molecular weight excluding hydrogens is 404 g/mol. The van der Waals surface area contributed by atoms with Crippen LogP contribution in [0.4, 0.5) is 0 Å². The topological polar surface area (TPSA) is 145 Å². The molecule has 0 bridgehead atoms. The molecule has 2 fully saturated rings. The molecule has 3 heterocycles. The molecule has 1 aromatic heterocycles. The minimum Gasteiger partial charge on any atom is -0.483 e. The minimum absolute atomic E-state index is 0.102. The number of carbonyl (C=O) groups excluding carboxylic acids is 2. The quantitative estimate of drug-likeness (QED) is 0.506. The number of amides is 2. The van der Waals surface area contributed by atoms with E-state index in [0.717, 1.165) is 17.0 Å². The Labute approximate surface area is 182 Å². The number of nitrogens with zero attached hydrogens (tertiary/aromatic N) is 2. The third kappa shape index (κ3) is 5.62. The van der Waals surface area contributed by atoms with E-state index < -0.39 is 17.2 Å². The van der Waals surface area contributed by atoms with E-state index >= 15 is 0 Å². The van der Waals surface area contributed by atoms with E-state index in [-0.39, 0.29) is 18.3 Å². The summed E-state index contributed by atoms with van der Waals surface area (Å²) in [6.07, 6.45) is 1.94. The molecular formula is C21H34N4O6. The maximum atomic E-state index is 12.6. The molecule has 4 N–H and O–H groups in total. The molecule has 2 amide bonds. The highest BCUT2D eigenvalue weighted by Crippen LogP contribution is 2.40. The fourth-order valence-electron chi connectivity index (χ4n) is 4.51. The van der Waals surface area contributed by atoms with Crippen LogP contribution in [0.15, 0.2) is 0 Å². The monoisotopic (exact) mass is 438 g/mol. The van der Waals surface area contributed by atoms with Crippen molar-refractivity contribution in [2.75, 3.05) is 19.7 Å². The van der Waals surface area contributed by atoms with Crippen LogP contribution < -0.4 is 5.32 Å². The number of piperidine rings is 1. The molecule has 31 heavy (non-hydrogen) atoms. The molecule has 3 rings (SSSR count). The molecule has 2 saturated heterocycles. The number of carboxylic acid groups (broad SMARTS) is 1. The molecule has 10 nitrogen and oxygen atoms in total. The van der Waals surface area contributed by atoms with Crippen molar-refractivity contribution in [1.29, 1.82) is 0 Å². The summed E-state index contributed by atoms with van der Waals surface area (Å²) in [5.74, 6) is -0.0556. The first-order valence-corrected chi connectivity index (χ1v) is 10.6. The first-order valence-electron chi connectivity index (χ1n) is 10.6. The fourth-order valence-corrected chi connectivity index (χ4v) is 4.51. The van der Waals surface area contributed by atoms with E-state index in [1.165, 1.54) is 6.92 Å². The normalized spacial score (nSPS) is 24.8. The second-order valence-corrected chi connectivity index (χ2v) is 8.57. The van der Waals surface area contributed by atoms with E-state index in [4.69, 9.17) is 14.6 Å². The lowest BCUT2D eigenvalue weighted by atomic mass is 9.73. The molecule has 1 aromatic rings. The van der Waals surface area contributed by atoms with E-state index in [0.29, 0.717) is 51.8 Å². The molecule has 0 unspecified atom stereocenters. The molecule has 0 aromatic carbocycles. The van der Waals surface area contributed by atoms with Crippen molar-refractivity contribution in [3.63, 3.8) is 0 Å². The highest BCUT2D eigenvalue weighted by Gasteiger charge is 2.53. The largest absolute Gasteiger partial charge is 0.483 e. The highest BCUT2D eigenvalue weighted by atomic mass is 16.5. The summed E-state index contributed by atoms with van der Waals surface area (Å²) in [6.45, 7) is 8.65. The first kappa shape index (κ1) is 24.8. The van der Waals surface area contributed by atoms with Gasteiger partial charge in [-0.05, 0) is 45.6 Å². The van der Waals surface area contributed by atoms with Crippen LogP contribution in [0.2, 0.25) is 0 Å². The van der Waals surface area contributed by atoms with Gasteiger partial charge in [-0.15, -0.1) is 0 Å². The summed E-state index contributed by atoms with van der Waals surface area (Å²) in [6, 6.07) is 0. The Morgan fingerprint density at radius 2 is 1.94 bits per heavy atom. The van der Waals surface area contributed by atoms with Gasteiger partial charge < -0.3 is 25.2 Å². The van der Waals surface area contributed by atoms with Crippen LogP contribution in [0.1, 0.15) is 56.5 Å². The van der Waals surface area contributed by atoms with Crippen molar-refractivity contribution in [2.45, 2.75) is 77.0 Å². The molecule has 10 heteroatoms. The van der Waals surface area contributed by atoms with Crippen molar-refractivity contribution < 1.29 is 29.3 Å². The average Bonchev–Trinajstić information content (AvgIpc) is 3.03. The Bertz CT molecular complexity index is 787. The number of hydrogen-bond acceptors (Lipinski definition) is 6. The second kappa shape index (κ2) is 10.2. The highest BCUT2D eigenvalue weighted by molar-refractivity contribution is 5.76. The van der Waals surface area contributed by atoms with Gasteiger partial charge in [0.1, 0.15) is 6.10 Å². The molecule has 2 aliphatic heterocycles. The summed E-state index contributed by atoms with van der Waals surface area (Å²) < 4.78 is 6.02. The molecule has 2 atom stereocenters. The van der Waals surface area contributed by atoms with Crippen LogP contribution in [0.3, 0.4) is 0 Å². The molecule has 174 valence electrons. The molecule has 0 saturated carbocycles. The van der Waals surface area contributed by atoms with Crippen LogP contribution in [0.25, 0.3) is 0 Å². The van der Waals surface area contributed by atoms with Gasteiger partial charge in [0.05, 0.1) is 16.8 Å². The number of aliphatic hydroxyl groups is 1. The van der Waals surface area contributed by atoms with Gasteiger partial charge in [0, 0.05) is 45.2 Å². The Balaban J connectivity index is 0.00000107. The van der Waals surface area contributed by atoms with Crippen molar-refractivity contribution in [2.24, 2.45) is 0 Å². The zero-order chi connectivity index (χ0) is 23.2. The standard InChI is InChI=1S/C20H32N4O4.CH2O2/c1-13-14(2)22-23-16(13)5-6-17(26)24-10-7-20(8-11-24)18(27)19(4,9-12-28-20)21-15(3)25;2-1-3/h18,27H,5-12H2,1-4H3,(H,21,25)(H,22,23);1H,(H,2,3)/t18-,19+;/m1./s1. The van der Waals surface area contributed by atoms with Crippen molar-refractivity contribution in [1.82, 2.24) is 20.4 Å². The smallest absolute Gasteiger partial charge is 0.290 e. The van der Waals surface area contributed by atoms with Gasteiger partial charge in [-0.2, -0.15) is 5.10 Å². The summed E-state index contributed by atoms with van der Waals surface area (Å²) in [5, 5.41) is 28.0. The number of H-pyrrole nitrogens is 1. The van der Waals surface area contributed by atoms with Gasteiger partial charge in [-0.1, -0.05) is 0 Å². The second-order valence-electron chi connectivity index (χ2n) is 8.57. The number of aromatic nitrogens is 2. The fraction of sp³-hybridized carbons (Fsp3) is 0.714. The van der Waals surface area contributed by atoms with E-state index in [1.54, 1.807) is 0 Å². The Morgan fingerprint density at radius 1 is 1.32 bits per heavy atom. The number of aromatic amines is 1. The van der Waals surface area contributed by atoms with Crippen molar-refractivity contribution >= 4 is 18.3 Å². The lowest BCUT2D eigenvalue weighted by Crippen LogP contribution is -2.69. The molecule has 0 radical (unpaired) electrons. The van der Waals surface area contributed by atoms with Crippen LogP contribution in [0.5, 0.6) is 0 Å². The van der Waals surface area contributed by atoms with Crippen LogP contribution in [-0.4, -0.2) is 80.5 Å². The van der Waals surface area contributed by atoms with Crippen LogP contribution >= 0.6 is 0 Å². The number of carbonyl (C=O) groups is 3. The Morgan fingerprint density at radius 3 is 2.45 bits per heavy atom. The number of aliphatic hydroxyl groups excluding tert-OH is 1. The number of nitrogens with one attached hydrogen (secondary N) is 2. The average molecular weight is 439 g/mol. The summed E-state index contributed by atoms with van der Waals surface area (Å²) in [5.41, 5.74) is 1.68. The Kier molecular flexibility index (Phi) is 8.19. The SMILES string of the molecule is CC(=O)N[C@@]1(C)CCOC2(CCN(C(=O)CCc3n[nH]c(C)c3C)CC2)[C@@H]1O.O=CO. The van der Waals surface area contributed by atoms with Crippen LogP contribution in [0, 0.1) is 13.8 Å². The van der Waals surface area contributed by atoms with Gasteiger partial charge in [0.25, 0.3) is 6.47 Å². The maximum absolute atomic E-state index is 12.6. The molecule has 0 aliphatic carbocycles. The number of ether oxygens (including phenoxy) is 1. The van der Waals surface area contributed by atoms with Gasteiger partial charge in [0.2, 0.25) is 11.8 Å². The zero-order valence-electron chi connectivity index (χ0n) is 18.7. The molecule has 2 aliphatic rings. The van der Waals surface area contributed by atoms with E-state index in [9.17, 15) is 14.7 Å². The van der Waals surface area contributed by atoms with Crippen molar-refractivity contribution in [3.05, 3.63) is 17.0 Å². The Hall–Kier alpha value is -2.46. The minimum atomic E-state index is -0.801. The lowest BCUT2D eigenvalue weighted by molar-refractivity contribution is -0.208. The van der Waals surface area contributed by atoms with Crippen LogP contribution in [-0.2, 0) is 25.5 Å². The predicted octanol–water partition coefficient (Wildman–Crippen LogP) is 0.697. The number of aryl methyl sites for hydroxylation is 2. The maximum Gasteiger partial charge on any atom is 0.290 e. The first-order chi connectivity index (χ1) is 14.6. The van der Waals surface area contributed by atoms with E-state index in [1.807, 2.05) is 25.7 Å². The van der Waals surface area contributed by atoms with Gasteiger partial charge in [-0.25, -0.2) is 0 Å². The number of hydrogen-bond donors (Lipinski definition) is 4. The van der Waals surface area contributed by atoms with Gasteiger partial charge in [0.15, 0.2) is 0 Å². The van der Waals surface area contributed by atoms with Gasteiger partial charge in [-0.3, -0.25) is 19.5 Å². The van der Waals surface area contributed by atoms with Gasteiger partial charge >= 0.3 is 0 Å². The lowest BCUT2D eigenvalue weighted by Gasteiger charge is -2.53. The van der Waals surface area contributed by atoms with E-state index in [2.05, 4.69) is 15.5 Å². The predicted molar refractivity (Wildman–Crippen MR) is 112 cm³/mol. The third-order valence-corrected chi connectivity index (χ3v) is 6.47. The summed E-state index contributed by atoms with van der Waals surface area (Å²) >= 11 is 0. The molecule has 1 spiro atoms. The summed E-state index contributed by atoms with van der Waals surface area (Å²) in [7, 11) is 0.